The maximum atomic E-state index is 11.1. The normalized spacial score (nSPS) is 11.1. The van der Waals surface area contributed by atoms with Crippen molar-refractivity contribution in [2.45, 2.75) is 27.3 Å². The highest BCUT2D eigenvalue weighted by atomic mass is 35.5. The summed E-state index contributed by atoms with van der Waals surface area (Å²) in [5.41, 5.74) is 1.46. The zero-order chi connectivity index (χ0) is 19.9. The van der Waals surface area contributed by atoms with Crippen LogP contribution in [0.1, 0.15) is 26.3 Å². The number of quaternary nitrogens is 1. The molecule has 0 unspecified atom stereocenters. The first-order chi connectivity index (χ1) is 12.2. The van der Waals surface area contributed by atoms with Crippen LogP contribution < -0.4 is 5.11 Å². The lowest BCUT2D eigenvalue weighted by Crippen LogP contribution is -2.46. The van der Waals surface area contributed by atoms with Crippen molar-refractivity contribution in [1.29, 1.82) is 0 Å². The van der Waals surface area contributed by atoms with Crippen molar-refractivity contribution in [3.63, 3.8) is 0 Å². The third kappa shape index (κ3) is 5.82. The quantitative estimate of drug-likeness (QED) is 0.267. The molecule has 0 N–H and O–H groups in total. The molecule has 0 atom stereocenters. The van der Waals surface area contributed by atoms with Crippen molar-refractivity contribution >= 4 is 58.0 Å². The van der Waals surface area contributed by atoms with Gasteiger partial charge in [0.25, 0.3) is 0 Å². The van der Waals surface area contributed by atoms with Gasteiger partial charge in [-0.2, -0.15) is 0 Å². The monoisotopic (exact) mass is 455 g/mol. The third-order valence-corrected chi connectivity index (χ3v) is 6.78. The molecular weight excluding hydrogens is 435 g/mol. The number of hydrogen-bond acceptors (Lipinski definition) is 1. The molecule has 2 aromatic carbocycles. The van der Waals surface area contributed by atoms with Crippen LogP contribution in [-0.2, 0) is 6.54 Å². The van der Waals surface area contributed by atoms with Gasteiger partial charge in [0.05, 0.1) is 44.7 Å². The van der Waals surface area contributed by atoms with Crippen molar-refractivity contribution < 1.29 is 9.59 Å². The van der Waals surface area contributed by atoms with Gasteiger partial charge in [0, 0.05) is 5.56 Å². The Morgan fingerprint density at radius 2 is 1.08 bits per heavy atom. The molecule has 0 saturated carbocycles. The van der Waals surface area contributed by atoms with Gasteiger partial charge in [0.15, 0.2) is 0 Å². The molecule has 2 rings (SSSR count). The van der Waals surface area contributed by atoms with Crippen LogP contribution in [-0.4, -0.2) is 24.1 Å². The molecule has 26 heavy (non-hydrogen) atoms. The third-order valence-electron chi connectivity index (χ3n) is 4.54. The summed E-state index contributed by atoms with van der Waals surface area (Å²) in [5.74, 6) is -0.613. The van der Waals surface area contributed by atoms with Crippen LogP contribution in [0.4, 0.5) is 0 Å². The Balaban J connectivity index is 0.000000263. The Labute approximate surface area is 180 Å². The molecular formula is C19H22Cl5NO. The lowest BCUT2D eigenvalue weighted by Gasteiger charge is -2.35. The Morgan fingerprint density at radius 3 is 1.46 bits per heavy atom. The zero-order valence-corrected chi connectivity index (χ0v) is 18.7. The molecule has 0 spiro atoms. The van der Waals surface area contributed by atoms with Crippen LogP contribution in [0.3, 0.4) is 0 Å². The summed E-state index contributed by atoms with van der Waals surface area (Å²) in [6.45, 7) is 11.7. The van der Waals surface area contributed by atoms with Crippen molar-refractivity contribution in [1.82, 2.24) is 0 Å². The maximum Gasteiger partial charge on any atom is 0.104 e. The highest BCUT2D eigenvalue weighted by Gasteiger charge is 2.20. The average Bonchev–Trinajstić information content (AvgIpc) is 2.69. The van der Waals surface area contributed by atoms with Gasteiger partial charge >= 0.3 is 0 Å². The first kappa shape index (κ1) is 23.7. The molecule has 0 fully saturated rings. The molecule has 144 valence electrons. The van der Waals surface area contributed by atoms with Gasteiger partial charge < -0.3 is 9.59 Å². The van der Waals surface area contributed by atoms with E-state index in [0.717, 1.165) is 0 Å². The molecule has 0 aliphatic carbocycles. The minimum Gasteiger partial charge on any atom is -0.870 e. The summed E-state index contributed by atoms with van der Waals surface area (Å²) in [7, 11) is 0. The number of halogens is 5. The van der Waals surface area contributed by atoms with Crippen molar-refractivity contribution in [3.8, 4) is 5.75 Å². The SMILES string of the molecule is CC[N+](CC)(CC)Cc1ccccc1.[O-]c1c(Cl)c(Cl)c(Cl)c(Cl)c1Cl. The Kier molecular flexibility index (Phi) is 9.88. The first-order valence-electron chi connectivity index (χ1n) is 8.30. The van der Waals surface area contributed by atoms with Gasteiger partial charge in [0.1, 0.15) is 6.54 Å². The van der Waals surface area contributed by atoms with E-state index in [4.69, 9.17) is 58.0 Å². The van der Waals surface area contributed by atoms with Gasteiger partial charge in [-0.05, 0) is 20.8 Å². The summed E-state index contributed by atoms with van der Waals surface area (Å²) >= 11 is 27.7. The fourth-order valence-electron chi connectivity index (χ4n) is 2.56. The standard InChI is InChI=1S/C13H22N.C6HCl5O/c1-4-14(5-2,6-3)12-13-10-8-7-9-11-13;7-1-2(8)4(10)6(12)5(11)3(1)9/h7-11H,4-6,12H2,1-3H3;12H/q+1;/p-1. The smallest absolute Gasteiger partial charge is 0.104 e. The van der Waals surface area contributed by atoms with E-state index in [9.17, 15) is 5.11 Å². The average molecular weight is 458 g/mol. The summed E-state index contributed by atoms with van der Waals surface area (Å²) in [6.07, 6.45) is 0. The van der Waals surface area contributed by atoms with Crippen molar-refractivity contribution in [3.05, 3.63) is 61.0 Å². The Hall–Kier alpha value is -0.350. The fraction of sp³-hybridized carbons (Fsp3) is 0.368. The predicted octanol–water partition coefficient (Wildman–Crippen LogP) is 7.09. The molecule has 0 heterocycles. The highest BCUT2D eigenvalue weighted by Crippen LogP contribution is 2.46. The van der Waals surface area contributed by atoms with Crippen LogP contribution in [0.2, 0.25) is 25.1 Å². The molecule has 0 saturated heterocycles. The van der Waals surface area contributed by atoms with Gasteiger partial charge in [-0.15, -0.1) is 0 Å². The molecule has 0 aliphatic heterocycles. The topological polar surface area (TPSA) is 23.1 Å². The fourth-order valence-corrected chi connectivity index (χ4v) is 3.68. The van der Waals surface area contributed by atoms with Crippen LogP contribution in [0.15, 0.2) is 30.3 Å². The van der Waals surface area contributed by atoms with E-state index in [0.29, 0.717) is 0 Å². The van der Waals surface area contributed by atoms with Crippen LogP contribution >= 0.6 is 58.0 Å². The summed E-state index contributed by atoms with van der Waals surface area (Å²) in [5, 5.41) is 10.5. The van der Waals surface area contributed by atoms with Crippen molar-refractivity contribution in [2.75, 3.05) is 19.6 Å². The van der Waals surface area contributed by atoms with E-state index < -0.39 is 5.75 Å². The van der Waals surface area contributed by atoms with Gasteiger partial charge in [-0.25, -0.2) is 0 Å². The molecule has 0 radical (unpaired) electrons. The van der Waals surface area contributed by atoms with Crippen molar-refractivity contribution in [2.24, 2.45) is 0 Å². The maximum absolute atomic E-state index is 11.1. The van der Waals surface area contributed by atoms with E-state index in [1.54, 1.807) is 0 Å². The van der Waals surface area contributed by atoms with Gasteiger partial charge in [-0.3, -0.25) is 0 Å². The number of benzene rings is 2. The Bertz CT molecular complexity index is 604. The molecule has 2 nitrogen and oxygen atoms in total. The second-order valence-electron chi connectivity index (χ2n) is 5.83. The second kappa shape index (κ2) is 10.8. The lowest BCUT2D eigenvalue weighted by molar-refractivity contribution is -0.936. The van der Waals surface area contributed by atoms with Crippen LogP contribution in [0.25, 0.3) is 0 Å². The van der Waals surface area contributed by atoms with Crippen LogP contribution in [0, 0.1) is 0 Å². The van der Waals surface area contributed by atoms with Gasteiger partial charge in [-0.1, -0.05) is 94.1 Å². The van der Waals surface area contributed by atoms with E-state index in [1.165, 1.54) is 36.2 Å². The summed E-state index contributed by atoms with van der Waals surface area (Å²) in [6, 6.07) is 10.8. The molecule has 0 aromatic heterocycles. The molecule has 0 amide bonds. The number of hydrogen-bond donors (Lipinski definition) is 0. The predicted molar refractivity (Wildman–Crippen MR) is 113 cm³/mol. The molecule has 2 aromatic rings. The summed E-state index contributed by atoms with van der Waals surface area (Å²) in [4.78, 5) is 0. The molecule has 0 aliphatic rings. The first-order valence-corrected chi connectivity index (χ1v) is 10.2. The van der Waals surface area contributed by atoms with Gasteiger partial charge in [0.2, 0.25) is 0 Å². The number of rotatable bonds is 5. The number of nitrogens with zero attached hydrogens (tertiary/aromatic N) is 1. The zero-order valence-electron chi connectivity index (χ0n) is 15.0. The lowest BCUT2D eigenvalue weighted by atomic mass is 10.2. The minimum absolute atomic E-state index is 0.00654. The highest BCUT2D eigenvalue weighted by molar-refractivity contribution is 6.55. The van der Waals surface area contributed by atoms with Crippen LogP contribution in [0.5, 0.6) is 5.75 Å². The largest absolute Gasteiger partial charge is 0.870 e. The molecule has 0 bridgehead atoms. The second-order valence-corrected chi connectivity index (χ2v) is 7.72. The van der Waals surface area contributed by atoms with E-state index in [-0.39, 0.29) is 25.1 Å². The van der Waals surface area contributed by atoms with E-state index in [2.05, 4.69) is 51.1 Å². The molecule has 7 heteroatoms. The minimum atomic E-state index is -0.613. The van der Waals surface area contributed by atoms with E-state index in [1.807, 2.05) is 0 Å². The Morgan fingerprint density at radius 1 is 0.692 bits per heavy atom. The van der Waals surface area contributed by atoms with E-state index >= 15 is 0 Å². The summed E-state index contributed by atoms with van der Waals surface area (Å²) < 4.78 is 1.20.